The third kappa shape index (κ3) is 8.54. The van der Waals surface area contributed by atoms with Gasteiger partial charge >= 0.3 is 0 Å². The molecule has 0 N–H and O–H groups in total. The smallest absolute Gasteiger partial charge is 0.122 e. The van der Waals surface area contributed by atoms with Crippen molar-refractivity contribution in [3.63, 3.8) is 0 Å². The summed E-state index contributed by atoms with van der Waals surface area (Å²) in [6, 6.07) is 8.46. The molecule has 2 nitrogen and oxygen atoms in total. The van der Waals surface area contributed by atoms with Crippen molar-refractivity contribution in [2.75, 3.05) is 13.2 Å². The van der Waals surface area contributed by atoms with Gasteiger partial charge in [-0.3, -0.25) is 0 Å². The van der Waals surface area contributed by atoms with Crippen LogP contribution in [0.1, 0.15) is 70.3 Å². The molecule has 0 radical (unpaired) electrons. The minimum atomic E-state index is 0.329. The van der Waals surface area contributed by atoms with E-state index in [4.69, 9.17) is 9.47 Å². The van der Waals surface area contributed by atoms with Crippen LogP contribution < -0.4 is 4.74 Å². The summed E-state index contributed by atoms with van der Waals surface area (Å²) in [4.78, 5) is 0. The van der Waals surface area contributed by atoms with Crippen LogP contribution in [0.4, 0.5) is 0 Å². The number of hydrogen-bond acceptors (Lipinski definition) is 2. The molecule has 1 saturated heterocycles. The molecular formula is C22H34O2. The Balaban J connectivity index is 1.49. The summed E-state index contributed by atoms with van der Waals surface area (Å²) in [5.41, 5.74) is 1.35. The van der Waals surface area contributed by atoms with Crippen molar-refractivity contribution in [2.24, 2.45) is 0 Å². The fourth-order valence-electron chi connectivity index (χ4n) is 2.94. The van der Waals surface area contributed by atoms with E-state index in [2.05, 4.69) is 43.3 Å². The Bertz CT molecular complexity index is 463. The molecule has 0 spiro atoms. The Kier molecular flexibility index (Phi) is 9.63. The highest BCUT2D eigenvalue weighted by Crippen LogP contribution is 2.22. The van der Waals surface area contributed by atoms with Gasteiger partial charge in [0.05, 0.1) is 6.61 Å². The summed E-state index contributed by atoms with van der Waals surface area (Å²) < 4.78 is 11.1. The second-order valence-electron chi connectivity index (χ2n) is 6.77. The third-order valence-corrected chi connectivity index (χ3v) is 4.52. The molecule has 24 heavy (non-hydrogen) atoms. The molecule has 1 heterocycles. The first kappa shape index (κ1) is 19.1. The second-order valence-corrected chi connectivity index (χ2v) is 6.77. The van der Waals surface area contributed by atoms with Crippen molar-refractivity contribution < 1.29 is 9.47 Å². The molecule has 1 atom stereocenters. The molecule has 0 aliphatic carbocycles. The van der Waals surface area contributed by atoms with Crippen LogP contribution >= 0.6 is 0 Å². The van der Waals surface area contributed by atoms with Crippen molar-refractivity contribution in [1.82, 2.24) is 0 Å². The summed E-state index contributed by atoms with van der Waals surface area (Å²) in [5, 5.41) is 0. The van der Waals surface area contributed by atoms with Crippen LogP contribution in [0.15, 0.2) is 36.4 Å². The van der Waals surface area contributed by atoms with Gasteiger partial charge in [-0.05, 0) is 43.7 Å². The van der Waals surface area contributed by atoms with E-state index in [1.54, 1.807) is 0 Å². The van der Waals surface area contributed by atoms with Gasteiger partial charge in [0, 0.05) is 0 Å². The molecule has 134 valence electrons. The van der Waals surface area contributed by atoms with Gasteiger partial charge in [-0.15, -0.1) is 0 Å². The summed E-state index contributed by atoms with van der Waals surface area (Å²) in [6.07, 6.45) is 18.0. The van der Waals surface area contributed by atoms with Crippen LogP contribution in [0, 0.1) is 0 Å². The maximum Gasteiger partial charge on any atom is 0.122 e. The standard InChI is InChI=1S/C22H34O2/c1-2-3-4-5-6-7-8-9-10-11-12-15-20-16-13-14-17-22(20)24-19-21-18-23-21/h3-4,13-14,16-17,21H,2,5-12,15,18-19H2,1H3/b4-3+. The number of allylic oxidation sites excluding steroid dienone is 2. The lowest BCUT2D eigenvalue weighted by Crippen LogP contribution is -2.05. The molecule has 0 amide bonds. The number of unbranched alkanes of at least 4 members (excludes halogenated alkanes) is 7. The van der Waals surface area contributed by atoms with E-state index in [1.807, 2.05) is 0 Å². The average Bonchev–Trinajstić information content (AvgIpc) is 3.43. The zero-order valence-corrected chi connectivity index (χ0v) is 15.3. The molecular weight excluding hydrogens is 296 g/mol. The molecule has 0 saturated carbocycles. The van der Waals surface area contributed by atoms with Crippen LogP contribution in [0.5, 0.6) is 5.75 Å². The summed E-state index contributed by atoms with van der Waals surface area (Å²) >= 11 is 0. The Morgan fingerprint density at radius 1 is 1.00 bits per heavy atom. The number of rotatable bonds is 14. The topological polar surface area (TPSA) is 21.8 Å². The molecule has 0 bridgehead atoms. The van der Waals surface area contributed by atoms with Gasteiger partial charge in [-0.25, -0.2) is 0 Å². The predicted molar refractivity (Wildman–Crippen MR) is 102 cm³/mol. The average molecular weight is 331 g/mol. The van der Waals surface area contributed by atoms with E-state index in [-0.39, 0.29) is 0 Å². The summed E-state index contributed by atoms with van der Waals surface area (Å²) in [6.45, 7) is 3.75. The molecule has 1 unspecified atom stereocenters. The van der Waals surface area contributed by atoms with Gasteiger partial charge in [0.2, 0.25) is 0 Å². The third-order valence-electron chi connectivity index (χ3n) is 4.52. The van der Waals surface area contributed by atoms with Crippen molar-refractivity contribution >= 4 is 0 Å². The first-order valence-electron chi connectivity index (χ1n) is 9.87. The molecule has 1 aromatic carbocycles. The Morgan fingerprint density at radius 2 is 1.71 bits per heavy atom. The van der Waals surface area contributed by atoms with Crippen LogP contribution in [0.2, 0.25) is 0 Å². The quantitative estimate of drug-likeness (QED) is 0.234. The zero-order valence-electron chi connectivity index (χ0n) is 15.3. The molecule has 2 heteroatoms. The zero-order chi connectivity index (χ0) is 16.9. The fourth-order valence-corrected chi connectivity index (χ4v) is 2.94. The Hall–Kier alpha value is -1.28. The highest BCUT2D eigenvalue weighted by atomic mass is 16.6. The summed E-state index contributed by atoms with van der Waals surface area (Å²) in [7, 11) is 0. The number of aryl methyl sites for hydroxylation is 1. The van der Waals surface area contributed by atoms with Gasteiger partial charge in [0.1, 0.15) is 18.5 Å². The molecule has 1 aliphatic heterocycles. The SMILES string of the molecule is CC/C=C/CCCCCCCCCc1ccccc1OCC1CO1. The van der Waals surface area contributed by atoms with E-state index < -0.39 is 0 Å². The van der Waals surface area contributed by atoms with Gasteiger partial charge in [0.15, 0.2) is 0 Å². The van der Waals surface area contributed by atoms with Crippen LogP contribution in [-0.4, -0.2) is 19.3 Å². The molecule has 1 aliphatic rings. The largest absolute Gasteiger partial charge is 0.491 e. The van der Waals surface area contributed by atoms with Crippen LogP contribution in [0.25, 0.3) is 0 Å². The summed E-state index contributed by atoms with van der Waals surface area (Å²) in [5.74, 6) is 1.05. The Morgan fingerprint density at radius 3 is 2.46 bits per heavy atom. The molecule has 0 aromatic heterocycles. The molecule has 1 fully saturated rings. The number of benzene rings is 1. The molecule has 1 aromatic rings. The normalized spacial score (nSPS) is 16.6. The van der Waals surface area contributed by atoms with E-state index in [1.165, 1.54) is 63.4 Å². The van der Waals surface area contributed by atoms with Crippen molar-refractivity contribution in [3.8, 4) is 5.75 Å². The monoisotopic (exact) mass is 330 g/mol. The lowest BCUT2D eigenvalue weighted by Gasteiger charge is -2.10. The number of epoxide rings is 1. The number of ether oxygens (including phenoxy) is 2. The van der Waals surface area contributed by atoms with Crippen LogP contribution in [0.3, 0.4) is 0 Å². The predicted octanol–water partition coefficient (Wildman–Crippen LogP) is 6.09. The van der Waals surface area contributed by atoms with Gasteiger partial charge in [-0.1, -0.05) is 69.4 Å². The first-order chi connectivity index (χ1) is 11.9. The second kappa shape index (κ2) is 12.1. The van der Waals surface area contributed by atoms with Crippen LogP contribution in [-0.2, 0) is 11.2 Å². The highest BCUT2D eigenvalue weighted by Gasteiger charge is 2.23. The maximum absolute atomic E-state index is 5.88. The minimum Gasteiger partial charge on any atom is -0.491 e. The van der Waals surface area contributed by atoms with Gasteiger partial charge in [-0.2, -0.15) is 0 Å². The Labute approximate surface area is 148 Å². The highest BCUT2D eigenvalue weighted by molar-refractivity contribution is 5.33. The number of hydrogen-bond donors (Lipinski definition) is 0. The maximum atomic E-state index is 5.88. The van der Waals surface area contributed by atoms with Crippen molar-refractivity contribution in [2.45, 2.75) is 77.2 Å². The van der Waals surface area contributed by atoms with E-state index >= 15 is 0 Å². The van der Waals surface area contributed by atoms with Gasteiger partial charge < -0.3 is 9.47 Å². The fraction of sp³-hybridized carbons (Fsp3) is 0.636. The van der Waals surface area contributed by atoms with Crippen molar-refractivity contribution in [3.05, 3.63) is 42.0 Å². The minimum absolute atomic E-state index is 0.329. The lowest BCUT2D eigenvalue weighted by atomic mass is 10.0. The van der Waals surface area contributed by atoms with Crippen molar-refractivity contribution in [1.29, 1.82) is 0 Å². The first-order valence-corrected chi connectivity index (χ1v) is 9.87. The van der Waals surface area contributed by atoms with E-state index in [0.717, 1.165) is 18.8 Å². The lowest BCUT2D eigenvalue weighted by molar-refractivity contribution is 0.261. The molecule has 2 rings (SSSR count). The number of para-hydroxylation sites is 1. The van der Waals surface area contributed by atoms with Gasteiger partial charge in [0.25, 0.3) is 0 Å². The van der Waals surface area contributed by atoms with E-state index in [0.29, 0.717) is 12.7 Å². The van der Waals surface area contributed by atoms with E-state index in [9.17, 15) is 0 Å².